The average Bonchev–Trinajstić information content (AvgIpc) is 1.93. The lowest BCUT2D eigenvalue weighted by molar-refractivity contribution is 0.0732. The van der Waals surface area contributed by atoms with Crippen LogP contribution in [0.3, 0.4) is 0 Å². The summed E-state index contributed by atoms with van der Waals surface area (Å²) in [7, 11) is 0. The topological polar surface area (TPSA) is 52.3 Å². The van der Waals surface area contributed by atoms with Crippen LogP contribution in [-0.4, -0.2) is 12.2 Å². The second-order valence-corrected chi connectivity index (χ2v) is 3.32. The van der Waals surface area contributed by atoms with E-state index in [0.717, 1.165) is 31.6 Å². The van der Waals surface area contributed by atoms with Gasteiger partial charge in [0.2, 0.25) is 0 Å². The van der Waals surface area contributed by atoms with Crippen LogP contribution in [0.5, 0.6) is 0 Å². The van der Waals surface area contributed by atoms with Gasteiger partial charge in [-0.15, -0.1) is 0 Å². The van der Waals surface area contributed by atoms with Gasteiger partial charge >= 0.3 is 6.09 Å². The van der Waals surface area contributed by atoms with Gasteiger partial charge in [-0.1, -0.05) is 6.92 Å². The second kappa shape index (κ2) is 3.60. The van der Waals surface area contributed by atoms with Crippen molar-refractivity contribution in [3.05, 3.63) is 0 Å². The van der Waals surface area contributed by atoms with E-state index in [0.29, 0.717) is 0 Å². The van der Waals surface area contributed by atoms with Crippen molar-refractivity contribution in [2.45, 2.75) is 38.7 Å². The highest BCUT2D eigenvalue weighted by molar-refractivity contribution is 5.64. The molecule has 0 aromatic heterocycles. The molecule has 1 amide bonds. The van der Waals surface area contributed by atoms with E-state index in [-0.39, 0.29) is 6.10 Å². The molecule has 1 saturated carbocycles. The molecule has 0 bridgehead atoms. The van der Waals surface area contributed by atoms with Gasteiger partial charge in [0.25, 0.3) is 0 Å². The van der Waals surface area contributed by atoms with Crippen LogP contribution in [0, 0.1) is 5.92 Å². The largest absolute Gasteiger partial charge is 0.446 e. The highest BCUT2D eigenvalue weighted by Crippen LogP contribution is 2.25. The molecule has 11 heavy (non-hydrogen) atoms. The van der Waals surface area contributed by atoms with Crippen molar-refractivity contribution in [1.82, 2.24) is 0 Å². The first-order valence-electron chi connectivity index (χ1n) is 4.14. The quantitative estimate of drug-likeness (QED) is 0.629. The number of amides is 1. The fourth-order valence-corrected chi connectivity index (χ4v) is 1.51. The van der Waals surface area contributed by atoms with Crippen molar-refractivity contribution in [2.75, 3.05) is 0 Å². The van der Waals surface area contributed by atoms with E-state index in [1.807, 2.05) is 0 Å². The summed E-state index contributed by atoms with van der Waals surface area (Å²) in [5.74, 6) is 0.780. The Hall–Kier alpha value is -0.730. The van der Waals surface area contributed by atoms with Gasteiger partial charge in [0.1, 0.15) is 6.10 Å². The highest BCUT2D eigenvalue weighted by atomic mass is 16.6. The lowest BCUT2D eigenvalue weighted by Crippen LogP contribution is -2.26. The number of rotatable bonds is 1. The Morgan fingerprint density at radius 1 is 1.36 bits per heavy atom. The van der Waals surface area contributed by atoms with Crippen molar-refractivity contribution in [1.29, 1.82) is 0 Å². The third-order valence-electron chi connectivity index (χ3n) is 2.25. The predicted octanol–water partition coefficient (Wildman–Crippen LogP) is 1.66. The summed E-state index contributed by atoms with van der Waals surface area (Å²) in [4.78, 5) is 10.3. The van der Waals surface area contributed by atoms with E-state index < -0.39 is 6.09 Å². The molecule has 1 aliphatic carbocycles. The van der Waals surface area contributed by atoms with E-state index in [4.69, 9.17) is 10.5 Å². The van der Waals surface area contributed by atoms with Gasteiger partial charge in [-0.3, -0.25) is 0 Å². The van der Waals surface area contributed by atoms with Crippen molar-refractivity contribution in [3.63, 3.8) is 0 Å². The summed E-state index contributed by atoms with van der Waals surface area (Å²) in [6.45, 7) is 2.22. The SMILES string of the molecule is CC1CCC(OC(N)=O)CC1. The molecule has 0 unspecified atom stereocenters. The van der Waals surface area contributed by atoms with Gasteiger partial charge in [-0.05, 0) is 31.6 Å². The van der Waals surface area contributed by atoms with E-state index in [1.165, 1.54) is 0 Å². The molecule has 1 aliphatic rings. The normalized spacial score (nSPS) is 31.4. The number of hydrogen-bond donors (Lipinski definition) is 1. The minimum atomic E-state index is -0.635. The first-order valence-corrected chi connectivity index (χ1v) is 4.14. The Labute approximate surface area is 66.9 Å². The minimum absolute atomic E-state index is 0.0868. The van der Waals surface area contributed by atoms with Crippen LogP contribution in [-0.2, 0) is 4.74 Å². The van der Waals surface area contributed by atoms with Crippen molar-refractivity contribution < 1.29 is 9.53 Å². The molecule has 0 atom stereocenters. The molecular formula is C8H15NO2. The zero-order valence-electron chi connectivity index (χ0n) is 6.88. The van der Waals surface area contributed by atoms with Gasteiger partial charge in [-0.25, -0.2) is 4.79 Å². The number of ether oxygens (including phenoxy) is 1. The molecule has 0 spiro atoms. The molecular weight excluding hydrogens is 142 g/mol. The van der Waals surface area contributed by atoms with Gasteiger partial charge in [0, 0.05) is 0 Å². The Kier molecular flexibility index (Phi) is 2.74. The fourth-order valence-electron chi connectivity index (χ4n) is 1.51. The van der Waals surface area contributed by atoms with E-state index in [2.05, 4.69) is 6.92 Å². The standard InChI is InChI=1S/C8H15NO2/c1-6-2-4-7(5-3-6)11-8(9)10/h6-7H,2-5H2,1H3,(H2,9,10). The molecule has 64 valence electrons. The van der Waals surface area contributed by atoms with Crippen LogP contribution < -0.4 is 5.73 Å². The number of nitrogens with two attached hydrogens (primary N) is 1. The molecule has 1 fully saturated rings. The summed E-state index contributed by atoms with van der Waals surface area (Å²) in [5, 5.41) is 0. The van der Waals surface area contributed by atoms with Gasteiger partial charge in [0.05, 0.1) is 0 Å². The molecule has 3 heteroatoms. The van der Waals surface area contributed by atoms with Crippen LogP contribution in [0.4, 0.5) is 4.79 Å². The maximum absolute atomic E-state index is 10.3. The Morgan fingerprint density at radius 2 is 1.91 bits per heavy atom. The highest BCUT2D eigenvalue weighted by Gasteiger charge is 2.20. The Morgan fingerprint density at radius 3 is 2.36 bits per heavy atom. The van der Waals surface area contributed by atoms with E-state index in [9.17, 15) is 4.79 Å². The molecule has 0 radical (unpaired) electrons. The zero-order chi connectivity index (χ0) is 8.27. The van der Waals surface area contributed by atoms with Gasteiger partial charge < -0.3 is 10.5 Å². The van der Waals surface area contributed by atoms with Gasteiger partial charge in [0.15, 0.2) is 0 Å². The number of hydrogen-bond acceptors (Lipinski definition) is 2. The predicted molar refractivity (Wildman–Crippen MR) is 42.1 cm³/mol. The average molecular weight is 157 g/mol. The van der Waals surface area contributed by atoms with E-state index in [1.54, 1.807) is 0 Å². The molecule has 0 heterocycles. The van der Waals surface area contributed by atoms with Crippen LogP contribution >= 0.6 is 0 Å². The molecule has 1 rings (SSSR count). The number of primary amides is 1. The fraction of sp³-hybridized carbons (Fsp3) is 0.875. The van der Waals surface area contributed by atoms with E-state index >= 15 is 0 Å². The maximum Gasteiger partial charge on any atom is 0.404 e. The third-order valence-corrected chi connectivity index (χ3v) is 2.25. The van der Waals surface area contributed by atoms with Crippen LogP contribution in [0.25, 0.3) is 0 Å². The summed E-state index contributed by atoms with van der Waals surface area (Å²) in [6, 6.07) is 0. The monoisotopic (exact) mass is 157 g/mol. The zero-order valence-corrected chi connectivity index (χ0v) is 6.88. The first kappa shape index (κ1) is 8.37. The Bertz CT molecular complexity index is 139. The van der Waals surface area contributed by atoms with Crippen molar-refractivity contribution >= 4 is 6.09 Å². The molecule has 3 nitrogen and oxygen atoms in total. The lowest BCUT2D eigenvalue weighted by Gasteiger charge is -2.25. The summed E-state index contributed by atoms with van der Waals surface area (Å²) in [6.07, 6.45) is 3.71. The maximum atomic E-state index is 10.3. The molecule has 0 aliphatic heterocycles. The minimum Gasteiger partial charge on any atom is -0.446 e. The first-order chi connectivity index (χ1) is 5.18. The second-order valence-electron chi connectivity index (χ2n) is 3.32. The molecule has 0 aromatic rings. The van der Waals surface area contributed by atoms with Crippen LogP contribution in [0.1, 0.15) is 32.6 Å². The summed E-state index contributed by atoms with van der Waals surface area (Å²) in [5.41, 5.74) is 4.90. The molecule has 0 saturated heterocycles. The number of carbonyl (C=O) groups is 1. The molecule has 0 aromatic carbocycles. The van der Waals surface area contributed by atoms with Crippen molar-refractivity contribution in [2.24, 2.45) is 11.7 Å². The smallest absolute Gasteiger partial charge is 0.404 e. The van der Waals surface area contributed by atoms with Crippen molar-refractivity contribution in [3.8, 4) is 0 Å². The van der Waals surface area contributed by atoms with Crippen LogP contribution in [0.2, 0.25) is 0 Å². The van der Waals surface area contributed by atoms with Crippen LogP contribution in [0.15, 0.2) is 0 Å². The Balaban J connectivity index is 2.22. The summed E-state index contributed by atoms with van der Waals surface area (Å²) >= 11 is 0. The molecule has 2 N–H and O–H groups in total. The van der Waals surface area contributed by atoms with Gasteiger partial charge in [-0.2, -0.15) is 0 Å². The number of carbonyl (C=O) groups excluding carboxylic acids is 1. The third kappa shape index (κ3) is 2.78. The summed E-state index contributed by atoms with van der Waals surface area (Å²) < 4.78 is 4.88. The lowest BCUT2D eigenvalue weighted by atomic mass is 9.89.